The van der Waals surface area contributed by atoms with Gasteiger partial charge in [-0.25, -0.2) is 0 Å². The number of ether oxygens (including phenoxy) is 1. The molecule has 7 nitrogen and oxygen atoms in total. The minimum absolute atomic E-state index is 0.0675. The first-order valence-corrected chi connectivity index (χ1v) is 5.20. The average molecular weight is 253 g/mol. The topological polar surface area (TPSA) is 121 Å². The number of carbonyl (C=O) groups excluding carboxylic acids is 1. The van der Waals surface area contributed by atoms with Crippen LogP contribution in [0, 0.1) is 17.0 Å². The van der Waals surface area contributed by atoms with Crippen molar-refractivity contribution in [3.05, 3.63) is 33.9 Å². The molecule has 0 aliphatic carbocycles. The van der Waals surface area contributed by atoms with Crippen LogP contribution in [0.15, 0.2) is 18.2 Å². The van der Waals surface area contributed by atoms with Gasteiger partial charge in [0.05, 0.1) is 4.92 Å². The summed E-state index contributed by atoms with van der Waals surface area (Å²) in [4.78, 5) is 21.2. The van der Waals surface area contributed by atoms with E-state index in [1.165, 1.54) is 19.1 Å². The summed E-state index contributed by atoms with van der Waals surface area (Å²) in [5.74, 6) is -0.671. The number of rotatable bonds is 5. The first-order valence-electron chi connectivity index (χ1n) is 5.20. The number of nitro benzene ring substituents is 1. The summed E-state index contributed by atoms with van der Waals surface area (Å²) in [7, 11) is 0. The average Bonchev–Trinajstić information content (AvgIpc) is 2.26. The SMILES string of the molecule is Cc1ccc([N+](=O)[O-])c(OCC(C)(N)C(N)=O)c1. The highest BCUT2D eigenvalue weighted by Gasteiger charge is 2.28. The lowest BCUT2D eigenvalue weighted by Gasteiger charge is -2.20. The van der Waals surface area contributed by atoms with Gasteiger partial charge in [0.2, 0.25) is 5.91 Å². The predicted octanol–water partition coefficient (Wildman–Crippen LogP) is 0.485. The fourth-order valence-electron chi connectivity index (χ4n) is 1.19. The maximum atomic E-state index is 11.0. The summed E-state index contributed by atoms with van der Waals surface area (Å²) in [6.07, 6.45) is 0. The molecule has 98 valence electrons. The first-order chi connectivity index (χ1) is 8.24. The van der Waals surface area contributed by atoms with Crippen LogP contribution >= 0.6 is 0 Å². The number of primary amides is 1. The number of carbonyl (C=O) groups is 1. The van der Waals surface area contributed by atoms with Crippen molar-refractivity contribution in [1.82, 2.24) is 0 Å². The van der Waals surface area contributed by atoms with E-state index in [0.717, 1.165) is 5.56 Å². The third-order valence-corrected chi connectivity index (χ3v) is 2.40. The minimum Gasteiger partial charge on any atom is -0.484 e. The van der Waals surface area contributed by atoms with Crippen LogP contribution in [-0.2, 0) is 4.79 Å². The van der Waals surface area contributed by atoms with Crippen molar-refractivity contribution in [2.75, 3.05) is 6.61 Å². The standard InChI is InChI=1S/C11H15N3O4/c1-7-3-4-8(14(16)17)9(5-7)18-6-11(2,13)10(12)15/h3-5H,6,13H2,1-2H3,(H2,12,15). The molecule has 0 aliphatic rings. The lowest BCUT2D eigenvalue weighted by molar-refractivity contribution is -0.385. The van der Waals surface area contributed by atoms with Gasteiger partial charge in [0, 0.05) is 6.07 Å². The zero-order valence-corrected chi connectivity index (χ0v) is 10.2. The molecular formula is C11H15N3O4. The van der Waals surface area contributed by atoms with Gasteiger partial charge >= 0.3 is 5.69 Å². The molecule has 0 heterocycles. The van der Waals surface area contributed by atoms with Gasteiger partial charge < -0.3 is 16.2 Å². The second kappa shape index (κ2) is 5.01. The van der Waals surface area contributed by atoms with E-state index >= 15 is 0 Å². The van der Waals surface area contributed by atoms with E-state index in [9.17, 15) is 14.9 Å². The highest BCUT2D eigenvalue weighted by Crippen LogP contribution is 2.28. The van der Waals surface area contributed by atoms with Gasteiger partial charge in [0.1, 0.15) is 12.1 Å². The van der Waals surface area contributed by atoms with Crippen LogP contribution in [0.2, 0.25) is 0 Å². The molecule has 0 aliphatic heterocycles. The summed E-state index contributed by atoms with van der Waals surface area (Å²) in [5, 5.41) is 10.8. The molecule has 0 aromatic heterocycles. The fraction of sp³-hybridized carbons (Fsp3) is 0.364. The van der Waals surface area contributed by atoms with Crippen molar-refractivity contribution in [3.63, 3.8) is 0 Å². The van der Waals surface area contributed by atoms with Crippen LogP contribution in [0.5, 0.6) is 5.75 Å². The molecule has 0 bridgehead atoms. The molecule has 0 saturated heterocycles. The zero-order valence-electron chi connectivity index (χ0n) is 10.2. The number of benzene rings is 1. The van der Waals surface area contributed by atoms with Crippen LogP contribution in [0.3, 0.4) is 0 Å². The van der Waals surface area contributed by atoms with Gasteiger partial charge in [-0.2, -0.15) is 0 Å². The summed E-state index contributed by atoms with van der Waals surface area (Å²) in [6.45, 7) is 2.94. The van der Waals surface area contributed by atoms with Crippen molar-refractivity contribution < 1.29 is 14.5 Å². The lowest BCUT2D eigenvalue weighted by Crippen LogP contribution is -2.53. The van der Waals surface area contributed by atoms with Crippen molar-refractivity contribution in [1.29, 1.82) is 0 Å². The third kappa shape index (κ3) is 3.17. The summed E-state index contributed by atoms with van der Waals surface area (Å²) in [6, 6.07) is 4.44. The molecule has 4 N–H and O–H groups in total. The lowest BCUT2D eigenvalue weighted by atomic mass is 10.1. The van der Waals surface area contributed by atoms with E-state index in [1.807, 2.05) is 0 Å². The Morgan fingerprint density at radius 1 is 1.56 bits per heavy atom. The van der Waals surface area contributed by atoms with Crippen molar-refractivity contribution >= 4 is 11.6 Å². The predicted molar refractivity (Wildman–Crippen MR) is 65.1 cm³/mol. The Hall–Kier alpha value is -2.15. The molecule has 0 radical (unpaired) electrons. The van der Waals surface area contributed by atoms with Gasteiger partial charge in [-0.3, -0.25) is 14.9 Å². The van der Waals surface area contributed by atoms with Crippen LogP contribution in [-0.4, -0.2) is 23.0 Å². The van der Waals surface area contributed by atoms with Crippen LogP contribution < -0.4 is 16.2 Å². The largest absolute Gasteiger partial charge is 0.484 e. The van der Waals surface area contributed by atoms with Gasteiger partial charge in [0.25, 0.3) is 0 Å². The number of amides is 1. The maximum Gasteiger partial charge on any atom is 0.310 e. The van der Waals surface area contributed by atoms with Gasteiger partial charge in [-0.15, -0.1) is 0 Å². The molecule has 1 unspecified atom stereocenters. The van der Waals surface area contributed by atoms with E-state index in [2.05, 4.69) is 0 Å². The maximum absolute atomic E-state index is 11.0. The van der Waals surface area contributed by atoms with E-state index in [1.54, 1.807) is 13.0 Å². The Bertz CT molecular complexity index is 485. The monoisotopic (exact) mass is 253 g/mol. The van der Waals surface area contributed by atoms with E-state index in [4.69, 9.17) is 16.2 Å². The molecule has 1 atom stereocenters. The number of nitrogens with zero attached hydrogens (tertiary/aromatic N) is 1. The highest BCUT2D eigenvalue weighted by atomic mass is 16.6. The first kappa shape index (κ1) is 13.9. The molecule has 1 amide bonds. The number of nitrogens with two attached hydrogens (primary N) is 2. The number of hydrogen-bond acceptors (Lipinski definition) is 5. The van der Waals surface area contributed by atoms with E-state index in [0.29, 0.717) is 0 Å². The Morgan fingerprint density at radius 3 is 2.67 bits per heavy atom. The van der Waals surface area contributed by atoms with Gasteiger partial charge in [0.15, 0.2) is 5.75 Å². The smallest absolute Gasteiger partial charge is 0.310 e. The molecule has 18 heavy (non-hydrogen) atoms. The molecule has 1 rings (SSSR count). The molecule has 1 aromatic rings. The quantitative estimate of drug-likeness (QED) is 0.584. The third-order valence-electron chi connectivity index (χ3n) is 2.40. The molecule has 0 saturated carbocycles. The van der Waals surface area contributed by atoms with Crippen molar-refractivity contribution in [2.24, 2.45) is 11.5 Å². The number of hydrogen-bond donors (Lipinski definition) is 2. The van der Waals surface area contributed by atoms with Crippen LogP contribution in [0.25, 0.3) is 0 Å². The zero-order chi connectivity index (χ0) is 13.9. The summed E-state index contributed by atoms with van der Waals surface area (Å²) < 4.78 is 5.24. The highest BCUT2D eigenvalue weighted by molar-refractivity contribution is 5.84. The minimum atomic E-state index is -1.38. The van der Waals surface area contributed by atoms with Crippen molar-refractivity contribution in [2.45, 2.75) is 19.4 Å². The Kier molecular flexibility index (Phi) is 3.87. The van der Waals surface area contributed by atoms with Crippen LogP contribution in [0.1, 0.15) is 12.5 Å². The Morgan fingerprint density at radius 2 is 2.17 bits per heavy atom. The van der Waals surface area contributed by atoms with Crippen LogP contribution in [0.4, 0.5) is 5.69 Å². The van der Waals surface area contributed by atoms with E-state index in [-0.39, 0.29) is 18.0 Å². The van der Waals surface area contributed by atoms with Gasteiger partial charge in [-0.1, -0.05) is 6.07 Å². The molecule has 7 heteroatoms. The van der Waals surface area contributed by atoms with Crippen molar-refractivity contribution in [3.8, 4) is 5.75 Å². The second-order valence-corrected chi connectivity index (χ2v) is 4.30. The second-order valence-electron chi connectivity index (χ2n) is 4.30. The van der Waals surface area contributed by atoms with Gasteiger partial charge in [-0.05, 0) is 25.5 Å². The normalized spacial score (nSPS) is 13.7. The molecule has 1 aromatic carbocycles. The fourth-order valence-corrected chi connectivity index (χ4v) is 1.19. The molecule has 0 spiro atoms. The summed E-state index contributed by atoms with van der Waals surface area (Å²) in [5.41, 5.74) is 9.93. The Balaban J connectivity index is 2.94. The molecule has 0 fully saturated rings. The summed E-state index contributed by atoms with van der Waals surface area (Å²) >= 11 is 0. The van der Waals surface area contributed by atoms with E-state index < -0.39 is 16.4 Å². The Labute approximate surface area is 104 Å². The number of aryl methyl sites for hydroxylation is 1. The molecular weight excluding hydrogens is 238 g/mol. The number of nitro groups is 1.